The Kier molecular flexibility index (Phi) is 5.99. The maximum atomic E-state index is 13.8. The molecule has 0 aromatic heterocycles. The van der Waals surface area contributed by atoms with Crippen LogP contribution in [-0.4, -0.2) is 40.6 Å². The molecule has 1 heterocycles. The molecule has 5 nitrogen and oxygen atoms in total. The van der Waals surface area contributed by atoms with Gasteiger partial charge < -0.3 is 14.7 Å². The van der Waals surface area contributed by atoms with Crippen LogP contribution < -0.4 is 0 Å². The average molecular weight is 393 g/mol. The molecule has 1 fully saturated rings. The highest BCUT2D eigenvalue weighted by Crippen LogP contribution is 2.22. The molecule has 1 aliphatic heterocycles. The fraction of sp³-hybridized carbons (Fsp3) is 0.300. The first-order chi connectivity index (χ1) is 13.4. The summed E-state index contributed by atoms with van der Waals surface area (Å²) in [5.74, 6) is -4.11. The van der Waals surface area contributed by atoms with Crippen LogP contribution in [0.25, 0.3) is 0 Å². The molecule has 1 aliphatic rings. The van der Waals surface area contributed by atoms with Crippen LogP contribution in [0.5, 0.6) is 0 Å². The van der Waals surface area contributed by atoms with Gasteiger partial charge in [0, 0.05) is 18.5 Å². The van der Waals surface area contributed by atoms with Crippen LogP contribution in [0.15, 0.2) is 42.5 Å². The summed E-state index contributed by atoms with van der Waals surface area (Å²) in [6, 6.07) is 8.18. The summed E-state index contributed by atoms with van der Waals surface area (Å²) in [6.07, 6.45) is -1.26. The van der Waals surface area contributed by atoms with Crippen molar-refractivity contribution in [1.29, 1.82) is 0 Å². The number of ether oxygens (including phenoxy) is 1. The van der Waals surface area contributed by atoms with Gasteiger partial charge >= 0.3 is 5.97 Å². The lowest BCUT2D eigenvalue weighted by Gasteiger charge is -2.23. The molecular formula is C20H18F3NO4. The Hall–Kier alpha value is -2.87. The number of rotatable bonds is 5. The highest BCUT2D eigenvalue weighted by molar-refractivity contribution is 5.86. The topological polar surface area (TPSA) is 66.8 Å². The minimum absolute atomic E-state index is 0.0481. The second-order valence-electron chi connectivity index (χ2n) is 6.54. The number of halogens is 3. The van der Waals surface area contributed by atoms with Crippen molar-refractivity contribution in [2.45, 2.75) is 31.6 Å². The van der Waals surface area contributed by atoms with E-state index in [1.807, 2.05) is 0 Å². The van der Waals surface area contributed by atoms with Gasteiger partial charge in [0.25, 0.3) is 0 Å². The molecule has 0 saturated carbocycles. The van der Waals surface area contributed by atoms with Crippen LogP contribution >= 0.6 is 0 Å². The van der Waals surface area contributed by atoms with Gasteiger partial charge in [-0.05, 0) is 17.7 Å². The number of nitrogens with zero attached hydrogens (tertiary/aromatic N) is 1. The molecule has 2 aromatic rings. The van der Waals surface area contributed by atoms with Crippen molar-refractivity contribution in [3.8, 4) is 0 Å². The molecule has 2 unspecified atom stereocenters. The normalized spacial score (nSPS) is 18.9. The van der Waals surface area contributed by atoms with Gasteiger partial charge in [-0.15, -0.1) is 0 Å². The lowest BCUT2D eigenvalue weighted by molar-refractivity contribution is -0.154. The average Bonchev–Trinajstić information content (AvgIpc) is 3.06. The summed E-state index contributed by atoms with van der Waals surface area (Å²) in [5.41, 5.74) is 0.0268. The molecule has 1 amide bonds. The van der Waals surface area contributed by atoms with Gasteiger partial charge in [0.05, 0.1) is 12.5 Å². The van der Waals surface area contributed by atoms with Gasteiger partial charge in [0.2, 0.25) is 5.91 Å². The summed E-state index contributed by atoms with van der Waals surface area (Å²) >= 11 is 0. The summed E-state index contributed by atoms with van der Waals surface area (Å²) < 4.78 is 45.7. The van der Waals surface area contributed by atoms with Crippen molar-refractivity contribution in [3.05, 3.63) is 71.0 Å². The molecule has 0 spiro atoms. The second-order valence-corrected chi connectivity index (χ2v) is 6.54. The third-order valence-electron chi connectivity index (χ3n) is 4.57. The maximum Gasteiger partial charge on any atom is 0.329 e. The molecule has 148 valence electrons. The Morgan fingerprint density at radius 3 is 2.46 bits per heavy atom. The molecule has 1 N–H and O–H groups in total. The van der Waals surface area contributed by atoms with Crippen LogP contribution in [0, 0.1) is 17.5 Å². The van der Waals surface area contributed by atoms with E-state index in [9.17, 15) is 27.9 Å². The number of esters is 1. The quantitative estimate of drug-likeness (QED) is 0.792. The zero-order chi connectivity index (χ0) is 20.3. The van der Waals surface area contributed by atoms with Crippen LogP contribution in [0.1, 0.15) is 17.5 Å². The van der Waals surface area contributed by atoms with Gasteiger partial charge in [-0.3, -0.25) is 4.79 Å². The van der Waals surface area contributed by atoms with Gasteiger partial charge in [0.15, 0.2) is 11.6 Å². The summed E-state index contributed by atoms with van der Waals surface area (Å²) in [4.78, 5) is 26.0. The molecule has 3 rings (SSSR count). The van der Waals surface area contributed by atoms with Gasteiger partial charge in [-0.1, -0.05) is 30.3 Å². The monoisotopic (exact) mass is 393 g/mol. The number of hydrogen-bond acceptors (Lipinski definition) is 4. The smallest absolute Gasteiger partial charge is 0.329 e. The number of likely N-dealkylation sites (tertiary alicyclic amines) is 1. The van der Waals surface area contributed by atoms with Crippen molar-refractivity contribution in [2.75, 3.05) is 6.54 Å². The Bertz CT molecular complexity index is 890. The minimum Gasteiger partial charge on any atom is -0.459 e. The SMILES string of the molecule is O=C(OCc1cccc(F)c1F)C1CC(O)CN1C(=O)Cc1ccccc1F. The lowest BCUT2D eigenvalue weighted by Crippen LogP contribution is -2.42. The van der Waals surface area contributed by atoms with E-state index in [4.69, 9.17) is 4.74 Å². The highest BCUT2D eigenvalue weighted by Gasteiger charge is 2.40. The summed E-state index contributed by atoms with van der Waals surface area (Å²) in [6.45, 7) is -0.605. The zero-order valence-electron chi connectivity index (χ0n) is 14.8. The summed E-state index contributed by atoms with van der Waals surface area (Å²) in [5, 5.41) is 9.87. The summed E-state index contributed by atoms with van der Waals surface area (Å²) in [7, 11) is 0. The van der Waals surface area contributed by atoms with E-state index in [1.165, 1.54) is 30.3 Å². The van der Waals surface area contributed by atoms with E-state index in [0.717, 1.165) is 11.0 Å². The number of benzene rings is 2. The van der Waals surface area contributed by atoms with E-state index in [2.05, 4.69) is 0 Å². The van der Waals surface area contributed by atoms with E-state index < -0.39 is 48.1 Å². The first-order valence-corrected chi connectivity index (χ1v) is 8.67. The van der Waals surface area contributed by atoms with Crippen molar-refractivity contribution >= 4 is 11.9 Å². The van der Waals surface area contributed by atoms with E-state index in [0.29, 0.717) is 0 Å². The Labute approximate surface area is 159 Å². The van der Waals surface area contributed by atoms with Crippen molar-refractivity contribution in [2.24, 2.45) is 0 Å². The molecule has 0 aliphatic carbocycles. The predicted octanol–water partition coefficient (Wildman–Crippen LogP) is 2.35. The van der Waals surface area contributed by atoms with Crippen molar-refractivity contribution < 1.29 is 32.6 Å². The van der Waals surface area contributed by atoms with Crippen LogP contribution in [0.2, 0.25) is 0 Å². The number of aliphatic hydroxyl groups excluding tert-OH is 1. The standard InChI is InChI=1S/C20H18F3NO4/c21-15-6-2-1-4-12(15)8-18(26)24-10-14(25)9-17(24)20(27)28-11-13-5-3-7-16(22)19(13)23/h1-7,14,17,25H,8-11H2. The molecular weight excluding hydrogens is 375 g/mol. The molecule has 8 heteroatoms. The van der Waals surface area contributed by atoms with Crippen LogP contribution in [0.4, 0.5) is 13.2 Å². The fourth-order valence-corrected chi connectivity index (χ4v) is 3.12. The van der Waals surface area contributed by atoms with Gasteiger partial charge in [-0.2, -0.15) is 0 Å². The first kappa shape index (κ1) is 19.9. The second kappa shape index (κ2) is 8.43. The third kappa shape index (κ3) is 4.33. The number of carbonyl (C=O) groups excluding carboxylic acids is 2. The Morgan fingerprint density at radius 1 is 1.04 bits per heavy atom. The maximum absolute atomic E-state index is 13.8. The zero-order valence-corrected chi connectivity index (χ0v) is 14.8. The van der Waals surface area contributed by atoms with Crippen LogP contribution in [0.3, 0.4) is 0 Å². The number of carbonyl (C=O) groups is 2. The minimum atomic E-state index is -1.12. The number of aliphatic hydroxyl groups is 1. The molecule has 0 bridgehead atoms. The molecule has 28 heavy (non-hydrogen) atoms. The fourth-order valence-electron chi connectivity index (χ4n) is 3.12. The largest absolute Gasteiger partial charge is 0.459 e. The first-order valence-electron chi connectivity index (χ1n) is 8.67. The number of β-amino-alcohol motifs (C(OH)–C–C–N with tert-alkyl or cyclic N) is 1. The molecule has 0 radical (unpaired) electrons. The van der Waals surface area contributed by atoms with Crippen molar-refractivity contribution in [1.82, 2.24) is 4.90 Å². The molecule has 2 aromatic carbocycles. The van der Waals surface area contributed by atoms with Gasteiger partial charge in [0.1, 0.15) is 18.5 Å². The Balaban J connectivity index is 1.67. The third-order valence-corrected chi connectivity index (χ3v) is 4.57. The van der Waals surface area contributed by atoms with Crippen LogP contribution in [-0.2, 0) is 27.4 Å². The number of amides is 1. The highest BCUT2D eigenvalue weighted by atomic mass is 19.2. The van der Waals surface area contributed by atoms with E-state index in [1.54, 1.807) is 6.07 Å². The van der Waals surface area contributed by atoms with Gasteiger partial charge in [-0.25, -0.2) is 18.0 Å². The van der Waals surface area contributed by atoms with E-state index >= 15 is 0 Å². The predicted molar refractivity (Wildman–Crippen MR) is 92.4 cm³/mol. The lowest BCUT2D eigenvalue weighted by atomic mass is 10.1. The Morgan fingerprint density at radius 2 is 1.71 bits per heavy atom. The number of hydrogen-bond donors (Lipinski definition) is 1. The van der Waals surface area contributed by atoms with Crippen molar-refractivity contribution in [3.63, 3.8) is 0 Å². The molecule has 2 atom stereocenters. The van der Waals surface area contributed by atoms with E-state index in [-0.39, 0.29) is 30.5 Å². The molecule has 1 saturated heterocycles.